The van der Waals surface area contributed by atoms with Crippen LogP contribution in [-0.4, -0.2) is 23.4 Å². The largest absolute Gasteiger partial charge is 0.400 e. The molecule has 0 aliphatic heterocycles. The van der Waals surface area contributed by atoms with Gasteiger partial charge in [0.1, 0.15) is 0 Å². The van der Waals surface area contributed by atoms with Gasteiger partial charge in [0, 0.05) is 7.11 Å². The van der Waals surface area contributed by atoms with Crippen LogP contribution in [0.2, 0.25) is 0 Å². The van der Waals surface area contributed by atoms with Gasteiger partial charge in [0.25, 0.3) is 0 Å². The van der Waals surface area contributed by atoms with Gasteiger partial charge in [0.15, 0.2) is 0 Å². The van der Waals surface area contributed by atoms with Crippen LogP contribution in [0.25, 0.3) is 0 Å². The van der Waals surface area contributed by atoms with Crippen molar-refractivity contribution in [3.05, 3.63) is 0 Å². The van der Waals surface area contributed by atoms with Crippen LogP contribution in [0.15, 0.2) is 0 Å². The Kier molecular flexibility index (Phi) is 6.39. The highest BCUT2D eigenvalue weighted by Crippen LogP contribution is 2.29. The summed E-state index contributed by atoms with van der Waals surface area (Å²) in [5.74, 6) is 1.69. The topological polar surface area (TPSA) is 40.5 Å². The number of aliphatic hydroxyl groups is 2. The van der Waals surface area contributed by atoms with Crippen LogP contribution < -0.4 is 0 Å². The quantitative estimate of drug-likeness (QED) is 0.636. The van der Waals surface area contributed by atoms with Crippen LogP contribution in [0.3, 0.4) is 0 Å². The molecule has 0 aromatic carbocycles. The van der Waals surface area contributed by atoms with E-state index in [4.69, 9.17) is 5.11 Å². The first-order valence-electron chi connectivity index (χ1n) is 4.83. The molecule has 0 atom stereocenters. The van der Waals surface area contributed by atoms with Gasteiger partial charge in [-0.05, 0) is 37.5 Å². The van der Waals surface area contributed by atoms with E-state index >= 15 is 0 Å². The molecule has 0 aromatic heterocycles. The molecule has 1 aliphatic rings. The van der Waals surface area contributed by atoms with Gasteiger partial charge in [-0.25, -0.2) is 0 Å². The third-order valence-electron chi connectivity index (χ3n) is 2.68. The summed E-state index contributed by atoms with van der Waals surface area (Å²) in [5.41, 5.74) is 0. The van der Waals surface area contributed by atoms with Gasteiger partial charge in [-0.1, -0.05) is 13.8 Å². The van der Waals surface area contributed by atoms with Crippen LogP contribution in [0.1, 0.15) is 39.5 Å². The molecule has 1 aliphatic carbocycles. The zero-order valence-corrected chi connectivity index (χ0v) is 8.45. The fourth-order valence-corrected chi connectivity index (χ4v) is 1.77. The maximum absolute atomic E-state index is 9.21. The second-order valence-corrected chi connectivity index (χ2v) is 3.81. The average Bonchev–Trinajstić information content (AvgIpc) is 2.09. The lowest BCUT2D eigenvalue weighted by molar-refractivity contribution is 0.0963. The monoisotopic (exact) mass is 174 g/mol. The number of hydrogen-bond acceptors (Lipinski definition) is 2. The Morgan fingerprint density at radius 2 is 1.42 bits per heavy atom. The van der Waals surface area contributed by atoms with E-state index in [9.17, 15) is 5.11 Å². The molecular weight excluding hydrogens is 152 g/mol. The summed E-state index contributed by atoms with van der Waals surface area (Å²) >= 11 is 0. The maximum atomic E-state index is 9.21. The first-order valence-corrected chi connectivity index (χ1v) is 4.83. The lowest BCUT2D eigenvalue weighted by Gasteiger charge is -2.27. The van der Waals surface area contributed by atoms with Crippen molar-refractivity contribution < 1.29 is 10.2 Å². The zero-order chi connectivity index (χ0) is 9.56. The Hall–Kier alpha value is -0.0800. The molecule has 0 amide bonds. The highest BCUT2D eigenvalue weighted by atomic mass is 16.3. The molecule has 74 valence electrons. The summed E-state index contributed by atoms with van der Waals surface area (Å²) in [5, 5.41) is 16.2. The lowest BCUT2D eigenvalue weighted by atomic mass is 9.81. The molecule has 2 nitrogen and oxygen atoms in total. The normalized spacial score (nSPS) is 29.5. The molecule has 2 N–H and O–H groups in total. The standard InChI is InChI=1S/C9H18O.CH4O/c1-7(2)8-3-5-9(10)6-4-8;1-2/h7-10H,3-6H2,1-2H3;2H,1H3. The number of aliphatic hydroxyl groups excluding tert-OH is 2. The van der Waals surface area contributed by atoms with E-state index in [1.54, 1.807) is 0 Å². The average molecular weight is 174 g/mol. The molecule has 0 bridgehead atoms. The molecule has 0 aromatic rings. The minimum atomic E-state index is 0.00926. The SMILES string of the molecule is CC(C)C1CCC(O)CC1.CO. The highest BCUT2D eigenvalue weighted by Gasteiger charge is 2.21. The van der Waals surface area contributed by atoms with E-state index < -0.39 is 0 Å². The summed E-state index contributed by atoms with van der Waals surface area (Å²) in [6.07, 6.45) is 4.54. The maximum Gasteiger partial charge on any atom is 0.0540 e. The first kappa shape index (κ1) is 11.9. The van der Waals surface area contributed by atoms with Crippen molar-refractivity contribution in [1.82, 2.24) is 0 Å². The third kappa shape index (κ3) is 4.07. The van der Waals surface area contributed by atoms with Crippen molar-refractivity contribution >= 4 is 0 Å². The second kappa shape index (κ2) is 6.44. The number of hydrogen-bond donors (Lipinski definition) is 2. The molecule has 0 saturated heterocycles. The van der Waals surface area contributed by atoms with E-state index in [1.165, 1.54) is 12.8 Å². The third-order valence-corrected chi connectivity index (χ3v) is 2.68. The molecule has 12 heavy (non-hydrogen) atoms. The van der Waals surface area contributed by atoms with Gasteiger partial charge < -0.3 is 10.2 Å². The smallest absolute Gasteiger partial charge is 0.0540 e. The fraction of sp³-hybridized carbons (Fsp3) is 1.00. The lowest BCUT2D eigenvalue weighted by Crippen LogP contribution is -2.21. The molecule has 0 heterocycles. The van der Waals surface area contributed by atoms with Crippen LogP contribution in [0, 0.1) is 11.8 Å². The molecular formula is C10H22O2. The van der Waals surface area contributed by atoms with Crippen molar-refractivity contribution in [2.24, 2.45) is 11.8 Å². The Morgan fingerprint density at radius 1 is 1.00 bits per heavy atom. The van der Waals surface area contributed by atoms with E-state index in [0.29, 0.717) is 0 Å². The van der Waals surface area contributed by atoms with Crippen molar-refractivity contribution in [3.8, 4) is 0 Å². The van der Waals surface area contributed by atoms with Crippen molar-refractivity contribution in [1.29, 1.82) is 0 Å². The number of rotatable bonds is 1. The van der Waals surface area contributed by atoms with Gasteiger partial charge in [0.05, 0.1) is 6.10 Å². The van der Waals surface area contributed by atoms with Crippen LogP contribution in [0.5, 0.6) is 0 Å². The van der Waals surface area contributed by atoms with E-state index in [1.807, 2.05) is 0 Å². The molecule has 0 spiro atoms. The van der Waals surface area contributed by atoms with Crippen molar-refractivity contribution in [2.45, 2.75) is 45.6 Å². The van der Waals surface area contributed by atoms with Crippen LogP contribution in [-0.2, 0) is 0 Å². The van der Waals surface area contributed by atoms with E-state index in [0.717, 1.165) is 31.8 Å². The van der Waals surface area contributed by atoms with Crippen LogP contribution >= 0.6 is 0 Å². The molecule has 1 fully saturated rings. The molecule has 1 saturated carbocycles. The minimum absolute atomic E-state index is 0.00926. The van der Waals surface area contributed by atoms with Gasteiger partial charge >= 0.3 is 0 Å². The zero-order valence-electron chi connectivity index (χ0n) is 8.45. The first-order chi connectivity index (χ1) is 5.70. The fourth-order valence-electron chi connectivity index (χ4n) is 1.77. The minimum Gasteiger partial charge on any atom is -0.400 e. The van der Waals surface area contributed by atoms with Crippen molar-refractivity contribution in [3.63, 3.8) is 0 Å². The summed E-state index contributed by atoms with van der Waals surface area (Å²) in [7, 11) is 1.00. The second-order valence-electron chi connectivity index (χ2n) is 3.81. The summed E-state index contributed by atoms with van der Waals surface area (Å²) in [6, 6.07) is 0. The summed E-state index contributed by atoms with van der Waals surface area (Å²) in [4.78, 5) is 0. The van der Waals surface area contributed by atoms with Crippen LogP contribution in [0.4, 0.5) is 0 Å². The Bertz CT molecular complexity index is 94.0. The van der Waals surface area contributed by atoms with E-state index in [2.05, 4.69) is 13.8 Å². The highest BCUT2D eigenvalue weighted by molar-refractivity contribution is 4.73. The van der Waals surface area contributed by atoms with Gasteiger partial charge in [-0.3, -0.25) is 0 Å². The van der Waals surface area contributed by atoms with Gasteiger partial charge in [-0.2, -0.15) is 0 Å². The van der Waals surface area contributed by atoms with Crippen molar-refractivity contribution in [2.75, 3.05) is 7.11 Å². The van der Waals surface area contributed by atoms with Gasteiger partial charge in [-0.15, -0.1) is 0 Å². The van der Waals surface area contributed by atoms with E-state index in [-0.39, 0.29) is 6.10 Å². The molecule has 0 unspecified atom stereocenters. The molecule has 2 heteroatoms. The molecule has 0 radical (unpaired) electrons. The predicted molar refractivity (Wildman–Crippen MR) is 50.9 cm³/mol. The predicted octanol–water partition coefficient (Wildman–Crippen LogP) is 1.80. The van der Waals surface area contributed by atoms with Gasteiger partial charge in [0.2, 0.25) is 0 Å². The Morgan fingerprint density at radius 3 is 1.75 bits per heavy atom. The molecule has 1 rings (SSSR count). The summed E-state index contributed by atoms with van der Waals surface area (Å²) < 4.78 is 0. The summed E-state index contributed by atoms with van der Waals surface area (Å²) in [6.45, 7) is 4.56. The Balaban J connectivity index is 0.000000561. The Labute approximate surface area is 75.6 Å².